The molecule has 54 heavy (non-hydrogen) atoms. The molecule has 5 rings (SSSR count). The maximum absolute atomic E-state index is 3.17. The number of rotatable bonds is 21. The van der Waals surface area contributed by atoms with E-state index in [4.69, 9.17) is 0 Å². The Labute approximate surface area is 331 Å². The van der Waals surface area contributed by atoms with E-state index in [0.717, 1.165) is 50.8 Å². The highest BCUT2D eigenvalue weighted by Gasteiger charge is 2.11. The monoisotopic (exact) mass is 750 g/mol. The van der Waals surface area contributed by atoms with Crippen molar-refractivity contribution in [1.29, 1.82) is 0 Å². The summed E-state index contributed by atoms with van der Waals surface area (Å²) >= 11 is 0. The van der Waals surface area contributed by atoms with E-state index >= 15 is 0 Å². The molecule has 0 atom stereocenters. The van der Waals surface area contributed by atoms with Gasteiger partial charge in [0.2, 0.25) is 5.69 Å². The fourth-order valence-corrected chi connectivity index (χ4v) is 7.90. The Morgan fingerprint density at radius 2 is 1.06 bits per heavy atom. The summed E-state index contributed by atoms with van der Waals surface area (Å²) in [6.45, 7) is 9.89. The number of nitrogens with zero attached hydrogens (tertiary/aromatic N) is 3. The van der Waals surface area contributed by atoms with Crippen molar-refractivity contribution in [2.45, 2.75) is 33.5 Å². The molecule has 6 heteroatoms. The van der Waals surface area contributed by atoms with Crippen LogP contribution in [0.1, 0.15) is 41.8 Å². The minimum absolute atomic E-state index is 0.889. The molecule has 0 saturated heterocycles. The number of allylic oxidation sites excluding steroid dienone is 5. The third-order valence-corrected chi connectivity index (χ3v) is 11.2. The van der Waals surface area contributed by atoms with Crippen molar-refractivity contribution >= 4 is 57.4 Å². The molecule has 1 aromatic heterocycles. The molecule has 0 spiro atoms. The zero-order chi connectivity index (χ0) is 37.5. The fourth-order valence-electron chi connectivity index (χ4n) is 5.92. The lowest BCUT2D eigenvalue weighted by molar-refractivity contribution is -0.695. The number of aromatic nitrogens is 1. The van der Waals surface area contributed by atoms with Crippen molar-refractivity contribution in [2.24, 2.45) is 0 Å². The molecule has 4 aromatic carbocycles. The van der Waals surface area contributed by atoms with Gasteiger partial charge in [0.25, 0.3) is 0 Å². The highest BCUT2D eigenvalue weighted by Crippen LogP contribution is 2.26. The first kappa shape index (κ1) is 40.2. The average molecular weight is 751 g/mol. The summed E-state index contributed by atoms with van der Waals surface area (Å²) in [5.41, 5.74) is 8.76. The van der Waals surface area contributed by atoms with Gasteiger partial charge in [-0.1, -0.05) is 137 Å². The molecule has 0 fully saturated rings. The first-order valence-corrected chi connectivity index (χ1v) is 21.5. The highest BCUT2D eigenvalue weighted by molar-refractivity contribution is 8.76. The Bertz CT molecular complexity index is 1930. The Morgan fingerprint density at radius 3 is 1.61 bits per heavy atom. The number of nitrogens with one attached hydrogen (secondary N) is 1. The van der Waals surface area contributed by atoms with E-state index in [-0.39, 0.29) is 0 Å². The number of anilines is 2. The molecule has 276 valence electrons. The van der Waals surface area contributed by atoms with Gasteiger partial charge >= 0.3 is 0 Å². The molecule has 0 aliphatic heterocycles. The highest BCUT2D eigenvalue weighted by atomic mass is 33.1. The third-order valence-electron chi connectivity index (χ3n) is 8.84. The molecule has 1 N–H and O–H groups in total. The molecule has 5 aromatic rings. The first-order valence-electron chi connectivity index (χ1n) is 19.0. The van der Waals surface area contributed by atoms with Crippen molar-refractivity contribution in [3.63, 3.8) is 0 Å². The number of hydrogen-bond donors (Lipinski definition) is 1. The van der Waals surface area contributed by atoms with E-state index in [2.05, 4.69) is 197 Å². The zero-order valence-corrected chi connectivity index (χ0v) is 33.3. The maximum atomic E-state index is 3.17. The van der Waals surface area contributed by atoms with E-state index in [0.29, 0.717) is 0 Å². The number of hydrogen-bond acceptors (Lipinski definition) is 4. The summed E-state index contributed by atoms with van der Waals surface area (Å²) in [6, 6.07) is 45.9. The van der Waals surface area contributed by atoms with Crippen LogP contribution in [0.4, 0.5) is 11.4 Å². The number of pyridine rings is 1. The van der Waals surface area contributed by atoms with E-state index in [1.165, 1.54) is 39.3 Å². The molecule has 0 unspecified atom stereocenters. The average Bonchev–Trinajstić information content (AvgIpc) is 3.22. The van der Waals surface area contributed by atoms with E-state index in [1.54, 1.807) is 0 Å². The van der Waals surface area contributed by atoms with Crippen molar-refractivity contribution < 1.29 is 9.56 Å². The lowest BCUT2D eigenvalue weighted by Gasteiger charge is -2.26. The Hall–Kier alpha value is -5.04. The number of aryl methyl sites for hydroxylation is 1. The molecule has 0 saturated carbocycles. The molecular weight excluding hydrogens is 697 g/mol. The van der Waals surface area contributed by atoms with Crippen LogP contribution in [0.25, 0.3) is 18.2 Å². The van der Waals surface area contributed by atoms with Gasteiger partial charge in [-0.2, -0.15) is 4.57 Å². The van der Waals surface area contributed by atoms with Gasteiger partial charge in [-0.25, -0.2) is 4.99 Å². The predicted molar refractivity (Wildman–Crippen MR) is 239 cm³/mol. The van der Waals surface area contributed by atoms with Gasteiger partial charge in [0, 0.05) is 73.3 Å². The molecule has 0 aliphatic carbocycles. The van der Waals surface area contributed by atoms with Gasteiger partial charge in [-0.15, -0.1) is 0 Å². The summed E-state index contributed by atoms with van der Waals surface area (Å²) in [7, 11) is 3.94. The van der Waals surface area contributed by atoms with Gasteiger partial charge in [0.1, 0.15) is 13.1 Å². The van der Waals surface area contributed by atoms with Gasteiger partial charge in [0.15, 0.2) is 12.4 Å². The van der Waals surface area contributed by atoms with Crippen LogP contribution >= 0.6 is 21.6 Å². The summed E-state index contributed by atoms with van der Waals surface area (Å²) in [6.07, 6.45) is 20.9. The normalized spacial score (nSPS) is 11.9. The van der Waals surface area contributed by atoms with E-state index in [1.807, 2.05) is 46.0 Å². The molecule has 0 radical (unpaired) electrons. The van der Waals surface area contributed by atoms with Gasteiger partial charge in [-0.05, 0) is 72.5 Å². The second kappa shape index (κ2) is 23.6. The molecule has 1 heterocycles. The maximum Gasteiger partial charge on any atom is 0.205 e. The van der Waals surface area contributed by atoms with Crippen LogP contribution < -0.4 is 19.4 Å². The minimum atomic E-state index is 0.889. The van der Waals surface area contributed by atoms with Crippen molar-refractivity contribution in [3.8, 4) is 0 Å². The van der Waals surface area contributed by atoms with Crippen LogP contribution in [0.2, 0.25) is 0 Å². The van der Waals surface area contributed by atoms with Crippen molar-refractivity contribution in [3.05, 3.63) is 192 Å². The van der Waals surface area contributed by atoms with Crippen LogP contribution in [-0.2, 0) is 19.6 Å². The van der Waals surface area contributed by atoms with Crippen LogP contribution in [0.3, 0.4) is 0 Å². The third kappa shape index (κ3) is 14.1. The van der Waals surface area contributed by atoms with Crippen LogP contribution in [0.5, 0.6) is 0 Å². The lowest BCUT2D eigenvalue weighted by Crippen LogP contribution is -2.67. The van der Waals surface area contributed by atoms with Crippen LogP contribution in [-0.4, -0.2) is 37.4 Å². The van der Waals surface area contributed by atoms with Crippen molar-refractivity contribution in [2.75, 3.05) is 40.9 Å². The fraction of sp³-hybridized carbons (Fsp3) is 0.208. The number of benzene rings is 4. The van der Waals surface area contributed by atoms with E-state index in [9.17, 15) is 0 Å². The Morgan fingerprint density at radius 1 is 0.537 bits per heavy atom. The SMILES string of the molecule is CC[NH+]=C\C=C/C=C/C=C/c1ccc(N(CCSSCCN(Cc2ccccc2)c2ccc(/C=C/c3cccc[n+]3CC)cc2)Cc2ccccc2)cc1. The van der Waals surface area contributed by atoms with Gasteiger partial charge < -0.3 is 9.80 Å². The lowest BCUT2D eigenvalue weighted by atomic mass is 10.1. The predicted octanol–water partition coefficient (Wildman–Crippen LogP) is 9.56. The molecule has 4 nitrogen and oxygen atoms in total. The first-order chi connectivity index (χ1) is 26.7. The standard InChI is InChI=1S/C48H53N4S2/c1-3-49-34-16-7-5-6-10-18-42-24-30-47(31-25-42)51(40-44-19-11-8-12-20-44)36-38-53-54-39-37-52(41-45-21-13-9-14-22-45)48-32-27-43(28-33-48)26-29-46-23-15-17-35-50(46)4-2/h5-35H,3-4,36-41H2,1-2H3/q+1/p+1/b6-5+,16-7-,18-10+,49-34?. The smallest absolute Gasteiger partial charge is 0.205 e. The topological polar surface area (TPSA) is 24.3 Å². The van der Waals surface area contributed by atoms with Crippen LogP contribution in [0.15, 0.2) is 164 Å². The quantitative estimate of drug-likeness (QED) is 0.0266. The second-order valence-electron chi connectivity index (χ2n) is 12.7. The van der Waals surface area contributed by atoms with Crippen LogP contribution in [0, 0.1) is 0 Å². The summed E-state index contributed by atoms with van der Waals surface area (Å²) in [5, 5.41) is 0. The summed E-state index contributed by atoms with van der Waals surface area (Å²) in [4.78, 5) is 8.17. The van der Waals surface area contributed by atoms with Crippen molar-refractivity contribution in [1.82, 2.24) is 0 Å². The minimum Gasteiger partial charge on any atom is -0.366 e. The molecule has 0 amide bonds. The molecule has 0 aliphatic rings. The largest absolute Gasteiger partial charge is 0.366 e. The second-order valence-corrected chi connectivity index (χ2v) is 15.4. The Kier molecular flexibility index (Phi) is 17.5. The molecular formula is C48H54N4S2+2. The summed E-state index contributed by atoms with van der Waals surface area (Å²) < 4.78 is 2.26. The van der Waals surface area contributed by atoms with E-state index < -0.39 is 0 Å². The molecule has 0 bridgehead atoms. The van der Waals surface area contributed by atoms with Gasteiger partial charge in [-0.3, -0.25) is 0 Å². The Balaban J connectivity index is 1.15. The van der Waals surface area contributed by atoms with Gasteiger partial charge in [0.05, 0.1) is 0 Å². The summed E-state index contributed by atoms with van der Waals surface area (Å²) in [5.74, 6) is 2.09. The zero-order valence-electron chi connectivity index (χ0n) is 31.7.